The summed E-state index contributed by atoms with van der Waals surface area (Å²) in [5.41, 5.74) is 0. The van der Waals surface area contributed by atoms with Gasteiger partial charge in [-0.05, 0) is 60.1 Å². The summed E-state index contributed by atoms with van der Waals surface area (Å²) >= 11 is 1.94. The van der Waals surface area contributed by atoms with Crippen LogP contribution in [0.3, 0.4) is 0 Å². The lowest BCUT2D eigenvalue weighted by atomic mass is 9.99. The SMILES string of the molecule is CCNC(=NCC1(SC)CCOCC1)NCCCN(C(C)C)C(C)C.I. The van der Waals surface area contributed by atoms with Gasteiger partial charge in [0.25, 0.3) is 0 Å². The molecule has 2 N–H and O–H groups in total. The molecule has 0 aromatic heterocycles. The molecule has 0 unspecified atom stereocenters. The van der Waals surface area contributed by atoms with Crippen LogP contribution in [0.15, 0.2) is 4.99 Å². The van der Waals surface area contributed by atoms with E-state index in [2.05, 4.69) is 56.4 Å². The maximum atomic E-state index is 5.52. The van der Waals surface area contributed by atoms with E-state index in [9.17, 15) is 0 Å². The van der Waals surface area contributed by atoms with Gasteiger partial charge in [-0.3, -0.25) is 9.89 Å². The molecule has 156 valence electrons. The Morgan fingerprint density at radius 3 is 2.27 bits per heavy atom. The number of hydrogen-bond donors (Lipinski definition) is 2. The number of nitrogens with zero attached hydrogens (tertiary/aromatic N) is 2. The fourth-order valence-electron chi connectivity index (χ4n) is 3.32. The van der Waals surface area contributed by atoms with Gasteiger partial charge in [-0.15, -0.1) is 24.0 Å². The number of nitrogens with one attached hydrogen (secondary N) is 2. The first-order valence-electron chi connectivity index (χ1n) is 9.85. The van der Waals surface area contributed by atoms with Crippen molar-refractivity contribution in [2.45, 2.75) is 70.7 Å². The lowest BCUT2D eigenvalue weighted by Gasteiger charge is -2.34. The molecule has 1 rings (SSSR count). The van der Waals surface area contributed by atoms with Gasteiger partial charge in [-0.2, -0.15) is 11.8 Å². The number of ether oxygens (including phenoxy) is 1. The molecule has 0 spiro atoms. The Bertz CT molecular complexity index is 380. The molecule has 1 aliphatic rings. The molecule has 1 saturated heterocycles. The summed E-state index contributed by atoms with van der Waals surface area (Å²) in [6.45, 7) is 16.8. The fourth-order valence-corrected chi connectivity index (χ4v) is 4.08. The molecule has 0 bridgehead atoms. The molecule has 1 aliphatic heterocycles. The third-order valence-corrected chi connectivity index (χ3v) is 6.32. The molecule has 0 aromatic rings. The molecule has 0 radical (unpaired) electrons. The van der Waals surface area contributed by atoms with Crippen LogP contribution < -0.4 is 10.6 Å². The normalized spacial score (nSPS) is 17.5. The quantitative estimate of drug-likeness (QED) is 0.208. The molecule has 7 heteroatoms. The van der Waals surface area contributed by atoms with Crippen molar-refractivity contribution in [2.75, 3.05) is 45.6 Å². The van der Waals surface area contributed by atoms with Gasteiger partial charge >= 0.3 is 0 Å². The molecular formula is C19H41IN4OS. The Morgan fingerprint density at radius 2 is 1.77 bits per heavy atom. The van der Waals surface area contributed by atoms with Crippen LogP contribution >= 0.6 is 35.7 Å². The monoisotopic (exact) mass is 500 g/mol. The predicted molar refractivity (Wildman–Crippen MR) is 127 cm³/mol. The standard InChI is InChI=1S/C19H40N4OS.HI/c1-7-20-18(21-11-8-12-23(16(2)3)17(4)5)22-15-19(25-6)9-13-24-14-10-19;/h16-17H,7-15H2,1-6H3,(H2,20,21,22);1H. The van der Waals surface area contributed by atoms with Crippen molar-refractivity contribution in [3.63, 3.8) is 0 Å². The first kappa shape index (κ1) is 26.3. The third kappa shape index (κ3) is 9.46. The van der Waals surface area contributed by atoms with E-state index in [1.165, 1.54) is 0 Å². The van der Waals surface area contributed by atoms with Crippen molar-refractivity contribution >= 4 is 41.7 Å². The zero-order valence-corrected chi connectivity index (χ0v) is 20.8. The van der Waals surface area contributed by atoms with Crippen LogP contribution in [0.25, 0.3) is 0 Å². The minimum atomic E-state index is 0. The van der Waals surface area contributed by atoms with Crippen LogP contribution in [-0.4, -0.2) is 73.3 Å². The van der Waals surface area contributed by atoms with Crippen molar-refractivity contribution < 1.29 is 4.74 Å². The average molecular weight is 501 g/mol. The van der Waals surface area contributed by atoms with Crippen LogP contribution in [0.4, 0.5) is 0 Å². The number of hydrogen-bond acceptors (Lipinski definition) is 4. The summed E-state index contributed by atoms with van der Waals surface area (Å²) in [5.74, 6) is 0.947. The summed E-state index contributed by atoms with van der Waals surface area (Å²) < 4.78 is 5.77. The van der Waals surface area contributed by atoms with Crippen molar-refractivity contribution in [1.29, 1.82) is 0 Å². The van der Waals surface area contributed by atoms with E-state index in [1.807, 2.05) is 11.8 Å². The van der Waals surface area contributed by atoms with E-state index in [4.69, 9.17) is 9.73 Å². The zero-order chi connectivity index (χ0) is 18.7. The van der Waals surface area contributed by atoms with E-state index in [-0.39, 0.29) is 28.7 Å². The second-order valence-corrected chi connectivity index (χ2v) is 8.67. The Kier molecular flexibility index (Phi) is 14.4. The van der Waals surface area contributed by atoms with Crippen LogP contribution in [-0.2, 0) is 4.74 Å². The molecule has 26 heavy (non-hydrogen) atoms. The Balaban J connectivity index is 0.00000625. The van der Waals surface area contributed by atoms with Gasteiger partial charge in [0.2, 0.25) is 0 Å². The van der Waals surface area contributed by atoms with E-state index in [1.54, 1.807) is 0 Å². The number of thioether (sulfide) groups is 1. The lowest BCUT2D eigenvalue weighted by Crippen LogP contribution is -2.42. The fraction of sp³-hybridized carbons (Fsp3) is 0.947. The molecule has 0 aromatic carbocycles. The summed E-state index contributed by atoms with van der Waals surface area (Å²) in [6, 6.07) is 1.19. The first-order chi connectivity index (χ1) is 11.9. The molecule has 0 atom stereocenters. The smallest absolute Gasteiger partial charge is 0.191 e. The highest BCUT2D eigenvalue weighted by molar-refractivity contribution is 14.0. The van der Waals surface area contributed by atoms with Gasteiger partial charge in [0.15, 0.2) is 5.96 Å². The summed E-state index contributed by atoms with van der Waals surface area (Å²) in [6.07, 6.45) is 5.51. The van der Waals surface area contributed by atoms with Crippen molar-refractivity contribution in [3.8, 4) is 0 Å². The molecule has 5 nitrogen and oxygen atoms in total. The van der Waals surface area contributed by atoms with Gasteiger partial charge < -0.3 is 15.4 Å². The van der Waals surface area contributed by atoms with Gasteiger partial charge in [0, 0.05) is 49.7 Å². The Hall–Kier alpha value is 0.270. The van der Waals surface area contributed by atoms with Crippen molar-refractivity contribution in [3.05, 3.63) is 0 Å². The largest absolute Gasteiger partial charge is 0.381 e. The third-order valence-electron chi connectivity index (χ3n) is 4.92. The summed E-state index contributed by atoms with van der Waals surface area (Å²) in [4.78, 5) is 7.41. The maximum Gasteiger partial charge on any atom is 0.191 e. The second kappa shape index (κ2) is 14.3. The molecule has 0 aliphatic carbocycles. The predicted octanol–water partition coefficient (Wildman–Crippen LogP) is 3.58. The number of halogens is 1. The van der Waals surface area contributed by atoms with E-state index >= 15 is 0 Å². The maximum absolute atomic E-state index is 5.52. The summed E-state index contributed by atoms with van der Waals surface area (Å²) in [5, 5.41) is 6.89. The zero-order valence-electron chi connectivity index (χ0n) is 17.6. The van der Waals surface area contributed by atoms with Gasteiger partial charge in [0.1, 0.15) is 0 Å². The number of aliphatic imine (C=N–C) groups is 1. The Morgan fingerprint density at radius 1 is 1.15 bits per heavy atom. The first-order valence-corrected chi connectivity index (χ1v) is 11.1. The van der Waals surface area contributed by atoms with Crippen LogP contribution in [0, 0.1) is 0 Å². The molecule has 0 saturated carbocycles. The van der Waals surface area contributed by atoms with Crippen molar-refractivity contribution in [1.82, 2.24) is 15.5 Å². The number of guanidine groups is 1. The Labute approximate surface area is 182 Å². The van der Waals surface area contributed by atoms with Crippen LogP contribution in [0.2, 0.25) is 0 Å². The molecule has 1 fully saturated rings. The lowest BCUT2D eigenvalue weighted by molar-refractivity contribution is 0.0794. The van der Waals surface area contributed by atoms with Crippen molar-refractivity contribution in [2.24, 2.45) is 4.99 Å². The van der Waals surface area contributed by atoms with E-state index in [0.29, 0.717) is 12.1 Å². The minimum Gasteiger partial charge on any atom is -0.381 e. The van der Waals surface area contributed by atoms with E-state index in [0.717, 1.165) is 64.6 Å². The highest BCUT2D eigenvalue weighted by Gasteiger charge is 2.31. The summed E-state index contributed by atoms with van der Waals surface area (Å²) in [7, 11) is 0. The van der Waals surface area contributed by atoms with E-state index < -0.39 is 0 Å². The second-order valence-electron chi connectivity index (χ2n) is 7.40. The topological polar surface area (TPSA) is 48.9 Å². The minimum absolute atomic E-state index is 0. The van der Waals surface area contributed by atoms with Gasteiger partial charge in [-0.25, -0.2) is 0 Å². The van der Waals surface area contributed by atoms with Crippen LogP contribution in [0.1, 0.15) is 53.9 Å². The van der Waals surface area contributed by atoms with Gasteiger partial charge in [0.05, 0.1) is 6.54 Å². The highest BCUT2D eigenvalue weighted by atomic mass is 127. The molecular weight excluding hydrogens is 459 g/mol. The molecule has 0 amide bonds. The van der Waals surface area contributed by atoms with Gasteiger partial charge in [-0.1, -0.05) is 0 Å². The van der Waals surface area contributed by atoms with Crippen LogP contribution in [0.5, 0.6) is 0 Å². The highest BCUT2D eigenvalue weighted by Crippen LogP contribution is 2.33. The molecule has 1 heterocycles. The average Bonchev–Trinajstić information content (AvgIpc) is 2.59. The number of rotatable bonds is 10.